The van der Waals surface area contributed by atoms with Crippen LogP contribution in [0.4, 0.5) is 5.82 Å². The van der Waals surface area contributed by atoms with Gasteiger partial charge < -0.3 is 15.2 Å². The molecule has 22 heavy (non-hydrogen) atoms. The quantitative estimate of drug-likeness (QED) is 0.717. The summed E-state index contributed by atoms with van der Waals surface area (Å²) in [5, 5.41) is 12.4. The fourth-order valence-electron chi connectivity index (χ4n) is 2.19. The van der Waals surface area contributed by atoms with Gasteiger partial charge in [0.15, 0.2) is 0 Å². The van der Waals surface area contributed by atoms with E-state index in [4.69, 9.17) is 4.74 Å². The minimum Gasteiger partial charge on any atom is -0.507 e. The monoisotopic (exact) mass is 424 g/mol. The van der Waals surface area contributed by atoms with E-state index in [0.29, 0.717) is 32.7 Å². The minimum absolute atomic E-state index is 0.0692. The number of anilines is 1. The Morgan fingerprint density at radius 3 is 2.82 bits per heavy atom. The molecule has 0 spiro atoms. The van der Waals surface area contributed by atoms with Crippen LogP contribution in [0.1, 0.15) is 11.1 Å². The second kappa shape index (κ2) is 5.73. The Morgan fingerprint density at radius 2 is 2.09 bits per heavy atom. The van der Waals surface area contributed by atoms with Crippen LogP contribution in [0.15, 0.2) is 33.3 Å². The zero-order valence-electron chi connectivity index (χ0n) is 11.4. The maximum absolute atomic E-state index is 12.2. The second-order valence-corrected chi connectivity index (χ2v) is 6.38. The number of rotatable bonds is 2. The molecule has 0 bridgehead atoms. The number of hydrogen-bond donors (Lipinski definition) is 2. The number of phenols is 1. The van der Waals surface area contributed by atoms with E-state index in [1.165, 1.54) is 13.2 Å². The van der Waals surface area contributed by atoms with Crippen LogP contribution in [-0.2, 0) is 4.79 Å². The van der Waals surface area contributed by atoms with Gasteiger partial charge in [0, 0.05) is 27.9 Å². The number of nitrogens with zero attached hydrogens (tertiary/aromatic N) is 1. The Bertz CT molecular complexity index is 819. The highest BCUT2D eigenvalue weighted by atomic mass is 79.9. The first-order valence-corrected chi connectivity index (χ1v) is 7.83. The number of fused-ring (bicyclic) bond motifs is 1. The van der Waals surface area contributed by atoms with Crippen molar-refractivity contribution in [3.63, 3.8) is 0 Å². The Labute approximate surface area is 143 Å². The molecule has 1 aliphatic heterocycles. The van der Waals surface area contributed by atoms with Crippen molar-refractivity contribution in [1.29, 1.82) is 0 Å². The van der Waals surface area contributed by atoms with Crippen LogP contribution < -0.4 is 10.1 Å². The van der Waals surface area contributed by atoms with E-state index in [2.05, 4.69) is 42.2 Å². The molecule has 5 nitrogen and oxygen atoms in total. The molecular weight excluding hydrogens is 416 g/mol. The molecule has 2 N–H and O–H groups in total. The topological polar surface area (TPSA) is 71.5 Å². The van der Waals surface area contributed by atoms with Gasteiger partial charge in [-0.2, -0.15) is 0 Å². The number of aromatic hydroxyl groups is 1. The highest BCUT2D eigenvalue weighted by molar-refractivity contribution is 9.10. The second-order valence-electron chi connectivity index (χ2n) is 4.61. The molecule has 0 saturated heterocycles. The number of pyridine rings is 1. The molecule has 0 atom stereocenters. The van der Waals surface area contributed by atoms with Gasteiger partial charge in [-0.05, 0) is 50.1 Å². The normalized spacial score (nSPS) is 14.9. The Balaban J connectivity index is 2.16. The van der Waals surface area contributed by atoms with Crippen molar-refractivity contribution < 1.29 is 14.6 Å². The SMILES string of the molecule is COc1cc(O)c(Br)cc1/C=C1\C(=O)Nc2ncc(Br)cc21. The number of hydrogen-bond acceptors (Lipinski definition) is 4. The van der Waals surface area contributed by atoms with Gasteiger partial charge in [-0.3, -0.25) is 4.79 Å². The number of aromatic nitrogens is 1. The summed E-state index contributed by atoms with van der Waals surface area (Å²) in [5.41, 5.74) is 1.87. The first kappa shape index (κ1) is 15.1. The van der Waals surface area contributed by atoms with Crippen molar-refractivity contribution in [3.8, 4) is 11.5 Å². The van der Waals surface area contributed by atoms with Gasteiger partial charge in [-0.25, -0.2) is 4.98 Å². The lowest BCUT2D eigenvalue weighted by Crippen LogP contribution is -2.04. The number of nitrogens with one attached hydrogen (secondary N) is 1. The summed E-state index contributed by atoms with van der Waals surface area (Å²) in [4.78, 5) is 16.3. The number of ether oxygens (including phenoxy) is 1. The fraction of sp³-hybridized carbons (Fsp3) is 0.0667. The number of phenolic OH excluding ortho intramolecular Hbond substituents is 1. The number of methoxy groups -OCH3 is 1. The molecule has 0 fully saturated rings. The van der Waals surface area contributed by atoms with E-state index < -0.39 is 0 Å². The summed E-state index contributed by atoms with van der Waals surface area (Å²) >= 11 is 6.62. The average Bonchev–Trinajstić information content (AvgIpc) is 2.78. The molecule has 1 aliphatic rings. The van der Waals surface area contributed by atoms with Gasteiger partial charge in [0.25, 0.3) is 5.91 Å². The summed E-state index contributed by atoms with van der Waals surface area (Å²) in [6, 6.07) is 5.01. The number of benzene rings is 1. The van der Waals surface area contributed by atoms with Crippen LogP contribution in [0.5, 0.6) is 11.5 Å². The maximum atomic E-state index is 12.2. The van der Waals surface area contributed by atoms with Gasteiger partial charge in [-0.15, -0.1) is 0 Å². The molecule has 0 saturated carbocycles. The van der Waals surface area contributed by atoms with Gasteiger partial charge in [0.1, 0.15) is 17.3 Å². The smallest absolute Gasteiger partial charge is 0.257 e. The van der Waals surface area contributed by atoms with Crippen LogP contribution in [0.3, 0.4) is 0 Å². The molecule has 112 valence electrons. The molecule has 0 aliphatic carbocycles. The third kappa shape index (κ3) is 2.62. The third-order valence-corrected chi connectivity index (χ3v) is 4.29. The molecule has 2 aromatic rings. The highest BCUT2D eigenvalue weighted by Gasteiger charge is 2.26. The molecule has 0 unspecified atom stereocenters. The Morgan fingerprint density at radius 1 is 1.32 bits per heavy atom. The molecular formula is C15H10Br2N2O3. The molecule has 7 heteroatoms. The van der Waals surface area contributed by atoms with Crippen LogP contribution in [0.2, 0.25) is 0 Å². The first-order chi connectivity index (χ1) is 10.5. The average molecular weight is 426 g/mol. The zero-order chi connectivity index (χ0) is 15.9. The molecule has 2 heterocycles. The third-order valence-electron chi connectivity index (χ3n) is 3.22. The van der Waals surface area contributed by atoms with Crippen LogP contribution in [0, 0.1) is 0 Å². The van der Waals surface area contributed by atoms with Crippen molar-refractivity contribution in [1.82, 2.24) is 4.98 Å². The number of carbonyl (C=O) groups is 1. The highest BCUT2D eigenvalue weighted by Crippen LogP contribution is 2.37. The molecule has 1 aromatic heterocycles. The number of halogens is 2. The van der Waals surface area contributed by atoms with Crippen LogP contribution in [0.25, 0.3) is 11.6 Å². The largest absolute Gasteiger partial charge is 0.507 e. The molecule has 1 aromatic carbocycles. The Hall–Kier alpha value is -1.86. The Kier molecular flexibility index (Phi) is 3.92. The van der Waals surface area contributed by atoms with Gasteiger partial charge in [0.2, 0.25) is 0 Å². The minimum atomic E-state index is -0.230. The van der Waals surface area contributed by atoms with Crippen molar-refractivity contribution in [2.75, 3.05) is 12.4 Å². The van der Waals surface area contributed by atoms with E-state index >= 15 is 0 Å². The summed E-state index contributed by atoms with van der Waals surface area (Å²) < 4.78 is 6.56. The zero-order valence-corrected chi connectivity index (χ0v) is 14.5. The van der Waals surface area contributed by atoms with Crippen molar-refractivity contribution >= 4 is 55.2 Å². The standard InChI is InChI=1S/C15H10Br2N2O3/c1-22-13-5-12(20)11(17)3-7(13)2-10-9-4-8(16)6-18-14(9)19-15(10)21/h2-6,20H,1H3,(H,18,19,21)/b10-2-. The maximum Gasteiger partial charge on any atom is 0.257 e. The lowest BCUT2D eigenvalue weighted by atomic mass is 10.0. The summed E-state index contributed by atoms with van der Waals surface area (Å²) in [7, 11) is 1.51. The van der Waals surface area contributed by atoms with E-state index in [9.17, 15) is 9.90 Å². The van der Waals surface area contributed by atoms with E-state index in [0.717, 1.165) is 4.47 Å². The van der Waals surface area contributed by atoms with E-state index in [1.54, 1.807) is 18.3 Å². The lowest BCUT2D eigenvalue weighted by molar-refractivity contribution is -0.110. The van der Waals surface area contributed by atoms with E-state index in [-0.39, 0.29) is 11.7 Å². The van der Waals surface area contributed by atoms with Crippen LogP contribution >= 0.6 is 31.9 Å². The number of carbonyl (C=O) groups excluding carboxylic acids is 1. The summed E-state index contributed by atoms with van der Waals surface area (Å²) in [6.07, 6.45) is 3.33. The first-order valence-electron chi connectivity index (χ1n) is 6.25. The summed E-state index contributed by atoms with van der Waals surface area (Å²) in [5.74, 6) is 0.834. The van der Waals surface area contributed by atoms with Crippen molar-refractivity contribution in [2.24, 2.45) is 0 Å². The van der Waals surface area contributed by atoms with Gasteiger partial charge >= 0.3 is 0 Å². The van der Waals surface area contributed by atoms with Gasteiger partial charge in [-0.1, -0.05) is 0 Å². The fourth-order valence-corrected chi connectivity index (χ4v) is 2.88. The molecule has 0 radical (unpaired) electrons. The van der Waals surface area contributed by atoms with Crippen molar-refractivity contribution in [3.05, 3.63) is 44.5 Å². The van der Waals surface area contributed by atoms with Crippen molar-refractivity contribution in [2.45, 2.75) is 0 Å². The predicted molar refractivity (Wildman–Crippen MR) is 90.8 cm³/mol. The lowest BCUT2D eigenvalue weighted by Gasteiger charge is -2.08. The molecule has 3 rings (SSSR count). The van der Waals surface area contributed by atoms with Gasteiger partial charge in [0.05, 0.1) is 17.2 Å². The van der Waals surface area contributed by atoms with Crippen LogP contribution in [-0.4, -0.2) is 23.1 Å². The number of amides is 1. The van der Waals surface area contributed by atoms with E-state index in [1.807, 2.05) is 6.07 Å². The predicted octanol–water partition coefficient (Wildman–Crippen LogP) is 3.81. The summed E-state index contributed by atoms with van der Waals surface area (Å²) in [6.45, 7) is 0. The molecule has 1 amide bonds.